The number of carbonyl (C=O) groups excluding carboxylic acids is 1. The molecule has 0 aromatic heterocycles. The van der Waals surface area contributed by atoms with Crippen molar-refractivity contribution in [2.45, 2.75) is 26.6 Å². The van der Waals surface area contributed by atoms with Gasteiger partial charge in [-0.2, -0.15) is 0 Å². The molecular weight excluding hydrogens is 295 g/mol. The van der Waals surface area contributed by atoms with E-state index in [2.05, 4.69) is 22.8 Å². The van der Waals surface area contributed by atoms with Crippen LogP contribution < -0.4 is 15.4 Å². The Kier molecular flexibility index (Phi) is 4.57. The highest BCUT2D eigenvalue weighted by Crippen LogP contribution is 2.23. The van der Waals surface area contributed by atoms with Crippen molar-refractivity contribution < 1.29 is 13.9 Å². The average Bonchev–Trinajstić information content (AvgIpc) is 3.02. The lowest BCUT2D eigenvalue weighted by Crippen LogP contribution is -2.24. The van der Waals surface area contributed by atoms with Gasteiger partial charge in [-0.3, -0.25) is 4.79 Å². The number of nitrogens with one attached hydrogen (secondary N) is 2. The van der Waals surface area contributed by atoms with Crippen LogP contribution in [0.15, 0.2) is 36.4 Å². The van der Waals surface area contributed by atoms with Gasteiger partial charge >= 0.3 is 0 Å². The fraction of sp³-hybridized carbons (Fsp3) is 0.278. The van der Waals surface area contributed by atoms with Crippen molar-refractivity contribution in [1.29, 1.82) is 0 Å². The Morgan fingerprint density at radius 2 is 2.09 bits per heavy atom. The standard InChI is InChI=1S/C18H19FN2O2/c1-2-23-17-15(4-3-5-16(17)19)18(22)21-9-12-6-7-13-10-20-11-14(13)8-12/h3-8,20H,2,9-11H2,1H3,(H,21,22). The van der Waals surface area contributed by atoms with E-state index in [1.165, 1.54) is 23.3 Å². The van der Waals surface area contributed by atoms with Crippen molar-refractivity contribution in [2.75, 3.05) is 6.61 Å². The third-order valence-corrected chi connectivity index (χ3v) is 3.85. The minimum atomic E-state index is -0.525. The number of hydrogen-bond acceptors (Lipinski definition) is 3. The lowest BCUT2D eigenvalue weighted by molar-refractivity contribution is 0.0946. The molecule has 23 heavy (non-hydrogen) atoms. The maximum atomic E-state index is 13.8. The van der Waals surface area contributed by atoms with Gasteiger partial charge in [0.25, 0.3) is 5.91 Å². The van der Waals surface area contributed by atoms with Crippen LogP contribution in [0.4, 0.5) is 4.39 Å². The maximum Gasteiger partial charge on any atom is 0.255 e. The number of halogens is 1. The first-order chi connectivity index (χ1) is 11.2. The van der Waals surface area contributed by atoms with Gasteiger partial charge < -0.3 is 15.4 Å². The SMILES string of the molecule is CCOc1c(F)cccc1C(=O)NCc1ccc2c(c1)CNC2. The van der Waals surface area contributed by atoms with E-state index in [-0.39, 0.29) is 17.2 Å². The molecule has 1 aliphatic rings. The van der Waals surface area contributed by atoms with E-state index in [9.17, 15) is 9.18 Å². The predicted octanol–water partition coefficient (Wildman–Crippen LogP) is 2.76. The van der Waals surface area contributed by atoms with Gasteiger partial charge in [0.15, 0.2) is 11.6 Å². The van der Waals surface area contributed by atoms with Gasteiger partial charge in [-0.25, -0.2) is 4.39 Å². The molecule has 2 aromatic rings. The highest BCUT2D eigenvalue weighted by Gasteiger charge is 2.16. The summed E-state index contributed by atoms with van der Waals surface area (Å²) in [6.45, 7) is 4.21. The lowest BCUT2D eigenvalue weighted by atomic mass is 10.1. The largest absolute Gasteiger partial charge is 0.490 e. The molecule has 1 heterocycles. The van der Waals surface area contributed by atoms with Gasteiger partial charge in [-0.15, -0.1) is 0 Å². The number of carbonyl (C=O) groups is 1. The molecule has 1 aliphatic heterocycles. The van der Waals surface area contributed by atoms with Crippen LogP contribution in [0.2, 0.25) is 0 Å². The number of benzene rings is 2. The Balaban J connectivity index is 1.71. The highest BCUT2D eigenvalue weighted by atomic mass is 19.1. The normalized spacial score (nSPS) is 12.8. The number of fused-ring (bicyclic) bond motifs is 1. The number of ether oxygens (including phenoxy) is 1. The van der Waals surface area contributed by atoms with Crippen LogP contribution in [0, 0.1) is 5.82 Å². The zero-order valence-electron chi connectivity index (χ0n) is 13.0. The van der Waals surface area contributed by atoms with Gasteiger partial charge in [-0.1, -0.05) is 24.3 Å². The number of para-hydroxylation sites is 1. The Morgan fingerprint density at radius 1 is 1.26 bits per heavy atom. The lowest BCUT2D eigenvalue weighted by Gasteiger charge is -2.12. The summed E-state index contributed by atoms with van der Waals surface area (Å²) in [4.78, 5) is 12.3. The van der Waals surface area contributed by atoms with Gasteiger partial charge in [-0.05, 0) is 35.7 Å². The van der Waals surface area contributed by atoms with E-state index in [1.807, 2.05) is 6.07 Å². The van der Waals surface area contributed by atoms with Crippen molar-refractivity contribution in [3.63, 3.8) is 0 Å². The van der Waals surface area contributed by atoms with Crippen LogP contribution in [0.25, 0.3) is 0 Å². The zero-order valence-corrected chi connectivity index (χ0v) is 13.0. The molecule has 5 heteroatoms. The molecule has 0 saturated heterocycles. The Hall–Kier alpha value is -2.40. The quantitative estimate of drug-likeness (QED) is 0.892. The minimum Gasteiger partial charge on any atom is -0.490 e. The van der Waals surface area contributed by atoms with Gasteiger partial charge in [0, 0.05) is 19.6 Å². The molecule has 1 amide bonds. The van der Waals surface area contributed by atoms with E-state index in [1.54, 1.807) is 13.0 Å². The van der Waals surface area contributed by atoms with Crippen molar-refractivity contribution >= 4 is 5.91 Å². The summed E-state index contributed by atoms with van der Waals surface area (Å²) >= 11 is 0. The third-order valence-electron chi connectivity index (χ3n) is 3.85. The molecule has 0 atom stereocenters. The Bertz CT molecular complexity index is 731. The second-order valence-electron chi connectivity index (χ2n) is 5.44. The van der Waals surface area contributed by atoms with Crippen molar-refractivity contribution in [1.82, 2.24) is 10.6 Å². The van der Waals surface area contributed by atoms with Gasteiger partial charge in [0.1, 0.15) is 0 Å². The van der Waals surface area contributed by atoms with Crippen LogP contribution in [-0.2, 0) is 19.6 Å². The summed E-state index contributed by atoms with van der Waals surface area (Å²) < 4.78 is 19.1. The van der Waals surface area contributed by atoms with Crippen molar-refractivity contribution in [3.8, 4) is 5.75 Å². The van der Waals surface area contributed by atoms with E-state index >= 15 is 0 Å². The summed E-state index contributed by atoms with van der Waals surface area (Å²) in [6.07, 6.45) is 0. The van der Waals surface area contributed by atoms with Crippen LogP contribution in [0.3, 0.4) is 0 Å². The predicted molar refractivity (Wildman–Crippen MR) is 85.7 cm³/mol. The smallest absolute Gasteiger partial charge is 0.255 e. The summed E-state index contributed by atoms with van der Waals surface area (Å²) in [7, 11) is 0. The molecule has 0 aliphatic carbocycles. The van der Waals surface area contributed by atoms with Gasteiger partial charge in [0.05, 0.1) is 12.2 Å². The van der Waals surface area contributed by atoms with E-state index in [4.69, 9.17) is 4.74 Å². The Labute approximate surface area is 134 Å². The van der Waals surface area contributed by atoms with E-state index in [0.29, 0.717) is 13.2 Å². The summed E-state index contributed by atoms with van der Waals surface area (Å²) in [5.74, 6) is -0.861. The molecule has 120 valence electrons. The summed E-state index contributed by atoms with van der Waals surface area (Å²) in [6, 6.07) is 10.5. The molecule has 4 nitrogen and oxygen atoms in total. The van der Waals surface area contributed by atoms with Crippen LogP contribution in [-0.4, -0.2) is 12.5 Å². The summed E-state index contributed by atoms with van der Waals surface area (Å²) in [5, 5.41) is 6.11. The van der Waals surface area contributed by atoms with Crippen LogP contribution in [0.5, 0.6) is 5.75 Å². The van der Waals surface area contributed by atoms with E-state index < -0.39 is 5.82 Å². The fourth-order valence-corrected chi connectivity index (χ4v) is 2.71. The molecule has 0 bridgehead atoms. The minimum absolute atomic E-state index is 0.00523. The maximum absolute atomic E-state index is 13.8. The molecule has 3 rings (SSSR count). The van der Waals surface area contributed by atoms with Gasteiger partial charge in [0.2, 0.25) is 0 Å². The van der Waals surface area contributed by atoms with Crippen molar-refractivity contribution in [3.05, 3.63) is 64.5 Å². The molecule has 0 unspecified atom stereocenters. The molecule has 0 fully saturated rings. The molecule has 0 spiro atoms. The molecule has 2 N–H and O–H groups in total. The first-order valence-corrected chi connectivity index (χ1v) is 7.70. The average molecular weight is 314 g/mol. The van der Waals surface area contributed by atoms with Crippen molar-refractivity contribution in [2.24, 2.45) is 0 Å². The third kappa shape index (κ3) is 3.35. The topological polar surface area (TPSA) is 50.4 Å². The first kappa shape index (κ1) is 15.5. The second-order valence-corrected chi connectivity index (χ2v) is 5.44. The number of amides is 1. The molecular formula is C18H19FN2O2. The summed E-state index contributed by atoms with van der Waals surface area (Å²) in [5.41, 5.74) is 3.80. The molecule has 0 saturated carbocycles. The zero-order chi connectivity index (χ0) is 16.2. The Morgan fingerprint density at radius 3 is 2.91 bits per heavy atom. The van der Waals surface area contributed by atoms with E-state index in [0.717, 1.165) is 18.7 Å². The highest BCUT2D eigenvalue weighted by molar-refractivity contribution is 5.96. The second kappa shape index (κ2) is 6.79. The number of hydrogen-bond donors (Lipinski definition) is 2. The van der Waals surface area contributed by atoms with Crippen LogP contribution >= 0.6 is 0 Å². The fourth-order valence-electron chi connectivity index (χ4n) is 2.71. The first-order valence-electron chi connectivity index (χ1n) is 7.70. The number of rotatable bonds is 5. The molecule has 0 radical (unpaired) electrons. The van der Waals surface area contributed by atoms with Crippen LogP contribution in [0.1, 0.15) is 34.0 Å². The monoisotopic (exact) mass is 314 g/mol. The molecule has 2 aromatic carbocycles.